The predicted molar refractivity (Wildman–Crippen MR) is 63.4 cm³/mol. The third-order valence-electron chi connectivity index (χ3n) is 3.38. The molecule has 0 radical (unpaired) electrons. The molecule has 0 aromatic heterocycles. The van der Waals surface area contributed by atoms with Crippen molar-refractivity contribution in [2.75, 3.05) is 19.6 Å². The number of hydrogen-bond acceptors (Lipinski definition) is 3. The summed E-state index contributed by atoms with van der Waals surface area (Å²) in [4.78, 5) is 13.2. The lowest BCUT2D eigenvalue weighted by molar-refractivity contribution is -0.123. The van der Waals surface area contributed by atoms with Crippen LogP contribution in [0.4, 0.5) is 4.39 Å². The number of nitrogens with two attached hydrogens (primary N) is 1. The van der Waals surface area contributed by atoms with Gasteiger partial charge in [-0.1, -0.05) is 0 Å². The molecule has 0 atom stereocenters. The highest BCUT2D eigenvalue weighted by atomic mass is 19.1. The van der Waals surface area contributed by atoms with Crippen LogP contribution in [0.5, 0.6) is 0 Å². The van der Waals surface area contributed by atoms with Crippen molar-refractivity contribution in [3.8, 4) is 0 Å². The molecular weight excluding hydrogens is 221 g/mol. The molecular formula is C12H18FN3O. The minimum absolute atomic E-state index is 0.0111. The van der Waals surface area contributed by atoms with Crippen LogP contribution in [0, 0.1) is 5.92 Å². The Balaban J connectivity index is 2.02. The highest BCUT2D eigenvalue weighted by Crippen LogP contribution is 2.23. The van der Waals surface area contributed by atoms with Crippen molar-refractivity contribution in [2.45, 2.75) is 19.8 Å². The van der Waals surface area contributed by atoms with Gasteiger partial charge in [0.15, 0.2) is 0 Å². The number of nitrogens with zero attached hydrogens (tertiary/aromatic N) is 1. The lowest BCUT2D eigenvalue weighted by atomic mass is 9.96. The molecule has 17 heavy (non-hydrogen) atoms. The van der Waals surface area contributed by atoms with E-state index in [-0.39, 0.29) is 24.2 Å². The highest BCUT2D eigenvalue weighted by Gasteiger charge is 2.25. The Bertz CT molecular complexity index is 381. The highest BCUT2D eigenvalue weighted by molar-refractivity contribution is 5.76. The Kier molecular flexibility index (Phi) is 3.36. The first-order valence-electron chi connectivity index (χ1n) is 5.93. The molecule has 94 valence electrons. The van der Waals surface area contributed by atoms with E-state index in [1.54, 1.807) is 6.08 Å². The van der Waals surface area contributed by atoms with Gasteiger partial charge in [0.05, 0.1) is 6.54 Å². The topological polar surface area (TPSA) is 58.4 Å². The number of piperidine rings is 1. The maximum atomic E-state index is 13.0. The van der Waals surface area contributed by atoms with Gasteiger partial charge in [-0.15, -0.1) is 0 Å². The molecule has 0 spiro atoms. The van der Waals surface area contributed by atoms with Crippen molar-refractivity contribution in [1.29, 1.82) is 0 Å². The zero-order valence-corrected chi connectivity index (χ0v) is 10.0. The molecule has 3 N–H and O–H groups in total. The van der Waals surface area contributed by atoms with Crippen molar-refractivity contribution in [1.82, 2.24) is 10.2 Å². The monoisotopic (exact) mass is 239 g/mol. The lowest BCUT2D eigenvalue weighted by Gasteiger charge is -2.36. The normalized spacial score (nSPS) is 22.2. The third kappa shape index (κ3) is 2.60. The van der Waals surface area contributed by atoms with Crippen LogP contribution in [-0.4, -0.2) is 30.4 Å². The van der Waals surface area contributed by atoms with Gasteiger partial charge in [0.2, 0.25) is 5.91 Å². The predicted octanol–water partition coefficient (Wildman–Crippen LogP) is 0.872. The van der Waals surface area contributed by atoms with Gasteiger partial charge in [-0.3, -0.25) is 4.79 Å². The van der Waals surface area contributed by atoms with Crippen LogP contribution in [0.15, 0.2) is 23.3 Å². The van der Waals surface area contributed by atoms with Gasteiger partial charge in [0.1, 0.15) is 11.6 Å². The summed E-state index contributed by atoms with van der Waals surface area (Å²) < 4.78 is 13.0. The molecule has 0 bridgehead atoms. The largest absolute Gasteiger partial charge is 0.369 e. The minimum Gasteiger partial charge on any atom is -0.369 e. The number of carbonyl (C=O) groups is 1. The Morgan fingerprint density at radius 2 is 2.18 bits per heavy atom. The third-order valence-corrected chi connectivity index (χ3v) is 3.38. The van der Waals surface area contributed by atoms with Crippen LogP contribution in [0.2, 0.25) is 0 Å². The SMILES string of the molecule is CC1=C(N2CCC(C(N)=O)CC2)NCC(F)=C1. The smallest absolute Gasteiger partial charge is 0.220 e. The van der Waals surface area contributed by atoms with E-state index in [0.29, 0.717) is 0 Å². The van der Waals surface area contributed by atoms with Crippen molar-refractivity contribution < 1.29 is 9.18 Å². The minimum atomic E-state index is -0.210. The molecule has 5 heteroatoms. The van der Waals surface area contributed by atoms with Crippen molar-refractivity contribution in [3.63, 3.8) is 0 Å². The molecule has 2 rings (SSSR count). The summed E-state index contributed by atoms with van der Waals surface area (Å²) >= 11 is 0. The van der Waals surface area contributed by atoms with Gasteiger partial charge in [0.25, 0.3) is 0 Å². The van der Waals surface area contributed by atoms with E-state index in [9.17, 15) is 9.18 Å². The van der Waals surface area contributed by atoms with Gasteiger partial charge in [0, 0.05) is 19.0 Å². The molecule has 1 amide bonds. The first-order valence-corrected chi connectivity index (χ1v) is 5.93. The summed E-state index contributed by atoms with van der Waals surface area (Å²) in [5, 5.41) is 3.08. The molecule has 0 aromatic carbocycles. The maximum absolute atomic E-state index is 13.0. The van der Waals surface area contributed by atoms with E-state index in [0.717, 1.165) is 37.3 Å². The van der Waals surface area contributed by atoms with Crippen molar-refractivity contribution >= 4 is 5.91 Å². The Morgan fingerprint density at radius 1 is 1.53 bits per heavy atom. The molecule has 2 aliphatic heterocycles. The van der Waals surface area contributed by atoms with Gasteiger partial charge in [-0.25, -0.2) is 4.39 Å². The van der Waals surface area contributed by atoms with Gasteiger partial charge >= 0.3 is 0 Å². The Hall–Kier alpha value is -1.52. The molecule has 4 nitrogen and oxygen atoms in total. The zero-order chi connectivity index (χ0) is 12.4. The number of amides is 1. The molecule has 2 aliphatic rings. The molecule has 1 fully saturated rings. The van der Waals surface area contributed by atoms with Crippen molar-refractivity contribution in [3.05, 3.63) is 23.3 Å². The van der Waals surface area contributed by atoms with E-state index >= 15 is 0 Å². The molecule has 1 saturated heterocycles. The summed E-state index contributed by atoms with van der Waals surface area (Å²) in [6.07, 6.45) is 3.12. The first kappa shape index (κ1) is 12.0. The lowest BCUT2D eigenvalue weighted by Crippen LogP contribution is -2.42. The van der Waals surface area contributed by atoms with E-state index in [1.165, 1.54) is 0 Å². The van der Waals surface area contributed by atoms with E-state index in [1.807, 2.05) is 6.92 Å². The maximum Gasteiger partial charge on any atom is 0.220 e. The number of nitrogens with one attached hydrogen (secondary N) is 1. The first-order chi connectivity index (χ1) is 8.08. The second-order valence-electron chi connectivity index (χ2n) is 4.64. The van der Waals surface area contributed by atoms with Crippen LogP contribution < -0.4 is 11.1 Å². The fourth-order valence-electron chi connectivity index (χ4n) is 2.41. The van der Waals surface area contributed by atoms with Crippen LogP contribution >= 0.6 is 0 Å². The Labute approximate surface area is 100 Å². The fourth-order valence-corrected chi connectivity index (χ4v) is 2.41. The molecule has 2 heterocycles. The average molecular weight is 239 g/mol. The summed E-state index contributed by atoms with van der Waals surface area (Å²) in [5.41, 5.74) is 6.20. The fraction of sp³-hybridized carbons (Fsp3) is 0.583. The molecule has 0 aromatic rings. The number of carbonyl (C=O) groups excluding carboxylic acids is 1. The standard InChI is InChI=1S/C12H18FN3O/c1-8-6-10(13)7-15-12(8)16-4-2-9(3-5-16)11(14)17/h6,9,15H,2-5,7H2,1H3,(H2,14,17). The summed E-state index contributed by atoms with van der Waals surface area (Å²) in [7, 11) is 0. The van der Waals surface area contributed by atoms with Crippen LogP contribution in [0.3, 0.4) is 0 Å². The number of primary amides is 1. The second-order valence-corrected chi connectivity index (χ2v) is 4.64. The zero-order valence-electron chi connectivity index (χ0n) is 10.0. The van der Waals surface area contributed by atoms with Crippen LogP contribution in [0.1, 0.15) is 19.8 Å². The van der Waals surface area contributed by atoms with Gasteiger partial charge in [-0.2, -0.15) is 0 Å². The number of rotatable bonds is 2. The van der Waals surface area contributed by atoms with E-state index < -0.39 is 0 Å². The van der Waals surface area contributed by atoms with E-state index in [4.69, 9.17) is 5.73 Å². The van der Waals surface area contributed by atoms with Crippen molar-refractivity contribution in [2.24, 2.45) is 11.7 Å². The number of dihydropyridines is 1. The molecule has 0 saturated carbocycles. The van der Waals surface area contributed by atoms with Crippen LogP contribution in [-0.2, 0) is 4.79 Å². The second kappa shape index (κ2) is 4.77. The average Bonchev–Trinajstić information content (AvgIpc) is 2.29. The van der Waals surface area contributed by atoms with Crippen LogP contribution in [0.25, 0.3) is 0 Å². The van der Waals surface area contributed by atoms with E-state index in [2.05, 4.69) is 10.2 Å². The number of allylic oxidation sites excluding steroid dienone is 2. The Morgan fingerprint density at radius 3 is 2.71 bits per heavy atom. The summed E-state index contributed by atoms with van der Waals surface area (Å²) in [6.45, 7) is 3.73. The van der Waals surface area contributed by atoms with Gasteiger partial charge < -0.3 is 16.0 Å². The number of halogens is 1. The summed E-state index contributed by atoms with van der Waals surface area (Å²) in [6, 6.07) is 0. The number of hydrogen-bond donors (Lipinski definition) is 2. The van der Waals surface area contributed by atoms with Gasteiger partial charge in [-0.05, 0) is 31.4 Å². The molecule has 0 aliphatic carbocycles. The molecule has 0 unspecified atom stereocenters. The number of likely N-dealkylation sites (tertiary alicyclic amines) is 1. The quantitative estimate of drug-likeness (QED) is 0.752. The summed E-state index contributed by atoms with van der Waals surface area (Å²) in [5.74, 6) is 0.619.